The van der Waals surface area contributed by atoms with Crippen molar-refractivity contribution in [3.8, 4) is 17.1 Å². The topological polar surface area (TPSA) is 35.0 Å². The van der Waals surface area contributed by atoms with Crippen LogP contribution in [0.2, 0.25) is 5.15 Å². The van der Waals surface area contributed by atoms with Gasteiger partial charge in [0.05, 0.1) is 11.6 Å². The van der Waals surface area contributed by atoms with Crippen LogP contribution in [-0.2, 0) is 6.42 Å². The molecule has 0 amide bonds. The van der Waals surface area contributed by atoms with Crippen LogP contribution < -0.4 is 4.74 Å². The summed E-state index contributed by atoms with van der Waals surface area (Å²) in [4.78, 5) is 8.81. The molecule has 1 aromatic carbocycles. The van der Waals surface area contributed by atoms with Gasteiger partial charge in [-0.3, -0.25) is 0 Å². The number of benzene rings is 1. The number of ether oxygens (including phenoxy) is 1. The number of rotatable bonds is 4. The molecule has 0 saturated carbocycles. The molecule has 3 nitrogen and oxygen atoms in total. The molecule has 1 aromatic heterocycles. The Hall–Kier alpha value is -1.13. The van der Waals surface area contributed by atoms with Gasteiger partial charge in [0.1, 0.15) is 10.9 Å². The van der Waals surface area contributed by atoms with Crippen LogP contribution in [0, 0.1) is 0 Å². The fraction of sp³-hybridized carbons (Fsp3) is 0.286. The van der Waals surface area contributed by atoms with Crippen molar-refractivity contribution in [2.24, 2.45) is 0 Å². The maximum atomic E-state index is 6.05. The summed E-state index contributed by atoms with van der Waals surface area (Å²) in [6, 6.07) is 7.54. The lowest BCUT2D eigenvalue weighted by molar-refractivity contribution is 0.412. The highest BCUT2D eigenvalue weighted by Gasteiger charge is 2.08. The van der Waals surface area contributed by atoms with Gasteiger partial charge < -0.3 is 4.74 Å². The van der Waals surface area contributed by atoms with E-state index in [2.05, 4.69) is 32.8 Å². The third-order valence-electron chi connectivity index (χ3n) is 2.66. The molecule has 0 unspecified atom stereocenters. The van der Waals surface area contributed by atoms with Gasteiger partial charge in [-0.2, -0.15) is 0 Å². The van der Waals surface area contributed by atoms with E-state index in [0.29, 0.717) is 11.0 Å². The first-order valence-electron chi connectivity index (χ1n) is 6.01. The minimum absolute atomic E-state index is 0.473. The van der Waals surface area contributed by atoms with Crippen LogP contribution in [0.5, 0.6) is 5.75 Å². The highest BCUT2D eigenvalue weighted by Crippen LogP contribution is 2.29. The highest BCUT2D eigenvalue weighted by molar-refractivity contribution is 9.10. The van der Waals surface area contributed by atoms with Gasteiger partial charge in [-0.25, -0.2) is 9.97 Å². The highest BCUT2D eigenvalue weighted by atomic mass is 79.9. The lowest BCUT2D eigenvalue weighted by atomic mass is 10.2. The third-order valence-corrected chi connectivity index (χ3v) is 3.48. The van der Waals surface area contributed by atoms with Crippen LogP contribution in [0.3, 0.4) is 0 Å². The van der Waals surface area contributed by atoms with Crippen molar-refractivity contribution in [2.75, 3.05) is 7.11 Å². The molecule has 0 radical (unpaired) electrons. The monoisotopic (exact) mass is 340 g/mol. The standard InChI is InChI=1S/C14H14BrClN2O/c1-3-4-10-8-13(16)18-14(17-10)9-5-6-12(19-2)11(15)7-9/h5-8H,3-4H2,1-2H3. The molecule has 2 rings (SSSR count). The van der Waals surface area contributed by atoms with Gasteiger partial charge >= 0.3 is 0 Å². The number of nitrogens with zero attached hydrogens (tertiary/aromatic N) is 2. The fourth-order valence-electron chi connectivity index (χ4n) is 1.78. The van der Waals surface area contributed by atoms with E-state index >= 15 is 0 Å². The summed E-state index contributed by atoms with van der Waals surface area (Å²) in [5.41, 5.74) is 1.87. The number of aryl methyl sites for hydroxylation is 1. The number of halogens is 2. The second-order valence-electron chi connectivity index (χ2n) is 4.10. The Morgan fingerprint density at radius 2 is 2.05 bits per heavy atom. The molecule has 1 heterocycles. The first-order chi connectivity index (χ1) is 9.13. The SMILES string of the molecule is CCCc1cc(Cl)nc(-c2ccc(OC)c(Br)c2)n1. The maximum absolute atomic E-state index is 6.05. The summed E-state index contributed by atoms with van der Waals surface area (Å²) in [5, 5.41) is 0.473. The average Bonchev–Trinajstić information content (AvgIpc) is 2.38. The molecule has 0 aliphatic rings. The van der Waals surface area contributed by atoms with Gasteiger partial charge in [-0.1, -0.05) is 24.9 Å². The molecule has 0 aliphatic carbocycles. The predicted molar refractivity (Wildman–Crippen MR) is 80.7 cm³/mol. The summed E-state index contributed by atoms with van der Waals surface area (Å²) in [6.07, 6.45) is 1.92. The van der Waals surface area contributed by atoms with Crippen LogP contribution in [-0.4, -0.2) is 17.1 Å². The van der Waals surface area contributed by atoms with E-state index in [1.807, 2.05) is 24.3 Å². The minimum atomic E-state index is 0.473. The van der Waals surface area contributed by atoms with E-state index in [1.165, 1.54) is 0 Å². The zero-order valence-electron chi connectivity index (χ0n) is 10.8. The van der Waals surface area contributed by atoms with Crippen LogP contribution >= 0.6 is 27.5 Å². The maximum Gasteiger partial charge on any atom is 0.161 e. The first-order valence-corrected chi connectivity index (χ1v) is 7.18. The molecule has 0 fully saturated rings. The van der Waals surface area contributed by atoms with Crippen molar-refractivity contribution >= 4 is 27.5 Å². The normalized spacial score (nSPS) is 10.5. The van der Waals surface area contributed by atoms with E-state index in [-0.39, 0.29) is 0 Å². The van der Waals surface area contributed by atoms with Gasteiger partial charge in [-0.05, 0) is 46.6 Å². The van der Waals surface area contributed by atoms with E-state index in [9.17, 15) is 0 Å². The fourth-order valence-corrected chi connectivity index (χ4v) is 2.53. The van der Waals surface area contributed by atoms with E-state index in [1.54, 1.807) is 7.11 Å². The van der Waals surface area contributed by atoms with Crippen molar-refractivity contribution in [3.05, 3.63) is 39.6 Å². The van der Waals surface area contributed by atoms with Crippen LogP contribution in [0.25, 0.3) is 11.4 Å². The average molecular weight is 342 g/mol. The Morgan fingerprint density at radius 1 is 1.26 bits per heavy atom. The minimum Gasteiger partial charge on any atom is -0.496 e. The van der Waals surface area contributed by atoms with E-state index in [0.717, 1.165) is 34.3 Å². The first kappa shape index (κ1) is 14.3. The lowest BCUT2D eigenvalue weighted by Gasteiger charge is -2.07. The van der Waals surface area contributed by atoms with E-state index in [4.69, 9.17) is 16.3 Å². The zero-order chi connectivity index (χ0) is 13.8. The molecular formula is C14H14BrClN2O. The molecule has 100 valence electrons. The number of hydrogen-bond acceptors (Lipinski definition) is 3. The largest absolute Gasteiger partial charge is 0.496 e. The van der Waals surface area contributed by atoms with Crippen LogP contribution in [0.15, 0.2) is 28.7 Å². The van der Waals surface area contributed by atoms with Gasteiger partial charge in [0.2, 0.25) is 0 Å². The number of aromatic nitrogens is 2. The molecule has 0 bridgehead atoms. The predicted octanol–water partition coefficient (Wildman–Crippen LogP) is 4.52. The lowest BCUT2D eigenvalue weighted by Crippen LogP contribution is -1.96. The second-order valence-corrected chi connectivity index (χ2v) is 5.35. The zero-order valence-corrected chi connectivity index (χ0v) is 13.1. The summed E-state index contributed by atoms with van der Waals surface area (Å²) in [5.74, 6) is 1.42. The Morgan fingerprint density at radius 3 is 2.68 bits per heavy atom. The van der Waals surface area contributed by atoms with Gasteiger partial charge in [0.25, 0.3) is 0 Å². The third kappa shape index (κ3) is 3.45. The van der Waals surface area contributed by atoms with Crippen molar-refractivity contribution in [2.45, 2.75) is 19.8 Å². The Balaban J connectivity index is 2.43. The summed E-state index contributed by atoms with van der Waals surface area (Å²) in [6.45, 7) is 2.11. The molecule has 0 spiro atoms. The van der Waals surface area contributed by atoms with Crippen molar-refractivity contribution in [1.29, 1.82) is 0 Å². The molecule has 2 aromatic rings. The molecule has 0 aliphatic heterocycles. The van der Waals surface area contributed by atoms with Crippen LogP contribution in [0.1, 0.15) is 19.0 Å². The molecule has 0 N–H and O–H groups in total. The van der Waals surface area contributed by atoms with Crippen molar-refractivity contribution < 1.29 is 4.74 Å². The number of hydrogen-bond donors (Lipinski definition) is 0. The number of methoxy groups -OCH3 is 1. The van der Waals surface area contributed by atoms with Crippen molar-refractivity contribution in [3.63, 3.8) is 0 Å². The molecule has 0 atom stereocenters. The summed E-state index contributed by atoms with van der Waals surface area (Å²) >= 11 is 9.51. The summed E-state index contributed by atoms with van der Waals surface area (Å²) in [7, 11) is 1.63. The van der Waals surface area contributed by atoms with Crippen LogP contribution in [0.4, 0.5) is 0 Å². The van der Waals surface area contributed by atoms with Crippen molar-refractivity contribution in [1.82, 2.24) is 9.97 Å². The Labute approximate surface area is 126 Å². The second kappa shape index (κ2) is 6.35. The Bertz CT molecular complexity index is 590. The van der Waals surface area contributed by atoms with Gasteiger partial charge in [0.15, 0.2) is 5.82 Å². The quantitative estimate of drug-likeness (QED) is 0.767. The molecular weight excluding hydrogens is 328 g/mol. The molecule has 19 heavy (non-hydrogen) atoms. The van der Waals surface area contributed by atoms with Gasteiger partial charge in [-0.15, -0.1) is 0 Å². The molecule has 5 heteroatoms. The molecule has 0 saturated heterocycles. The Kier molecular flexibility index (Phi) is 4.77. The van der Waals surface area contributed by atoms with E-state index < -0.39 is 0 Å². The smallest absolute Gasteiger partial charge is 0.161 e. The summed E-state index contributed by atoms with van der Waals surface area (Å²) < 4.78 is 6.08. The van der Waals surface area contributed by atoms with Gasteiger partial charge in [0, 0.05) is 11.3 Å².